The van der Waals surface area contributed by atoms with Gasteiger partial charge in [-0.3, -0.25) is 0 Å². The molecule has 2 aromatic carbocycles. The average Bonchev–Trinajstić information content (AvgIpc) is 2.72. The highest BCUT2D eigenvalue weighted by atomic mass is 16.7. The molecule has 0 radical (unpaired) electrons. The number of methoxy groups -OCH3 is 1. The van der Waals surface area contributed by atoms with Crippen LogP contribution in [0.25, 0.3) is 0 Å². The van der Waals surface area contributed by atoms with Crippen LogP contribution in [-0.2, 0) is 11.3 Å². The number of aryl methyl sites for hydroxylation is 2. The summed E-state index contributed by atoms with van der Waals surface area (Å²) in [7, 11) is 1.68. The molecule has 1 aliphatic carbocycles. The molecule has 148 valence electrons. The Kier molecular flexibility index (Phi) is 6.69. The maximum absolute atomic E-state index is 12.3. The first kappa shape index (κ1) is 19.9. The molecule has 1 aliphatic rings. The van der Waals surface area contributed by atoms with Crippen molar-refractivity contribution in [3.05, 3.63) is 58.7 Å². The predicted octanol–water partition coefficient (Wildman–Crippen LogP) is 5.08. The Morgan fingerprint density at radius 2 is 1.93 bits per heavy atom. The van der Waals surface area contributed by atoms with E-state index in [1.54, 1.807) is 31.4 Å². The van der Waals surface area contributed by atoms with Gasteiger partial charge in [0.2, 0.25) is 0 Å². The van der Waals surface area contributed by atoms with Gasteiger partial charge in [-0.25, -0.2) is 4.79 Å². The number of hydrogen-bond donors (Lipinski definition) is 0. The van der Waals surface area contributed by atoms with Crippen LogP contribution >= 0.6 is 0 Å². The van der Waals surface area contributed by atoms with Crippen LogP contribution in [0.15, 0.2) is 41.6 Å². The number of carbonyl (C=O) groups is 1. The molecule has 0 N–H and O–H groups in total. The molecule has 0 saturated heterocycles. The zero-order chi connectivity index (χ0) is 19.9. The topological polar surface area (TPSA) is 57.1 Å². The number of benzene rings is 2. The molecule has 5 heteroatoms. The molecule has 0 unspecified atom stereocenters. The number of ether oxygens (including phenoxy) is 2. The summed E-state index contributed by atoms with van der Waals surface area (Å²) in [6.07, 6.45) is 4.82. The van der Waals surface area contributed by atoms with Gasteiger partial charge in [-0.05, 0) is 80.1 Å². The molecule has 28 heavy (non-hydrogen) atoms. The Bertz CT molecular complexity index is 856. The van der Waals surface area contributed by atoms with Crippen LogP contribution < -0.4 is 9.47 Å². The lowest BCUT2D eigenvalue weighted by Gasteiger charge is -2.19. The fourth-order valence-corrected chi connectivity index (χ4v) is 3.27. The zero-order valence-electron chi connectivity index (χ0n) is 16.8. The number of unbranched alkanes of at least 4 members (excludes halogenated alkanes) is 1. The van der Waals surface area contributed by atoms with E-state index in [0.29, 0.717) is 12.2 Å². The maximum atomic E-state index is 12.3. The van der Waals surface area contributed by atoms with Crippen LogP contribution in [0.4, 0.5) is 0 Å². The summed E-state index contributed by atoms with van der Waals surface area (Å²) in [4.78, 5) is 17.6. The SMILES string of the molecule is CCCCOc1ccc(C(=O)O/N=C2\CCCc3cc(OC)c(C)cc32)cc1. The van der Waals surface area contributed by atoms with E-state index in [2.05, 4.69) is 24.2 Å². The Morgan fingerprint density at radius 3 is 2.64 bits per heavy atom. The van der Waals surface area contributed by atoms with Crippen LogP contribution in [-0.4, -0.2) is 25.4 Å². The molecular weight excluding hydrogens is 354 g/mol. The van der Waals surface area contributed by atoms with Gasteiger partial charge in [-0.15, -0.1) is 0 Å². The van der Waals surface area contributed by atoms with Gasteiger partial charge in [0.05, 0.1) is 25.0 Å². The van der Waals surface area contributed by atoms with Crippen molar-refractivity contribution in [2.24, 2.45) is 5.16 Å². The normalized spacial score (nSPS) is 14.5. The van der Waals surface area contributed by atoms with Crippen molar-refractivity contribution in [1.82, 2.24) is 0 Å². The number of oxime groups is 1. The fraction of sp³-hybridized carbons (Fsp3) is 0.391. The second-order valence-electron chi connectivity index (χ2n) is 6.98. The molecule has 5 nitrogen and oxygen atoms in total. The Labute approximate surface area is 166 Å². The summed E-state index contributed by atoms with van der Waals surface area (Å²) >= 11 is 0. The van der Waals surface area contributed by atoms with E-state index in [1.807, 2.05) is 6.92 Å². The van der Waals surface area contributed by atoms with Gasteiger partial charge in [0.25, 0.3) is 0 Å². The van der Waals surface area contributed by atoms with Crippen molar-refractivity contribution in [1.29, 1.82) is 0 Å². The summed E-state index contributed by atoms with van der Waals surface area (Å²) in [5.74, 6) is 1.16. The predicted molar refractivity (Wildman–Crippen MR) is 109 cm³/mol. The average molecular weight is 381 g/mol. The molecule has 0 heterocycles. The van der Waals surface area contributed by atoms with Crippen LogP contribution in [0.5, 0.6) is 11.5 Å². The van der Waals surface area contributed by atoms with E-state index in [1.165, 1.54) is 5.56 Å². The molecule has 3 rings (SSSR count). The van der Waals surface area contributed by atoms with Crippen LogP contribution in [0, 0.1) is 6.92 Å². The highest BCUT2D eigenvalue weighted by Gasteiger charge is 2.19. The van der Waals surface area contributed by atoms with Crippen molar-refractivity contribution in [3.63, 3.8) is 0 Å². The molecule has 0 bridgehead atoms. The van der Waals surface area contributed by atoms with Crippen molar-refractivity contribution in [2.75, 3.05) is 13.7 Å². The number of hydrogen-bond acceptors (Lipinski definition) is 5. The highest BCUT2D eigenvalue weighted by molar-refractivity contribution is 6.03. The van der Waals surface area contributed by atoms with Gasteiger partial charge in [0, 0.05) is 5.56 Å². The van der Waals surface area contributed by atoms with Crippen LogP contribution in [0.1, 0.15) is 59.7 Å². The van der Waals surface area contributed by atoms with Crippen molar-refractivity contribution in [3.8, 4) is 11.5 Å². The minimum atomic E-state index is -0.468. The molecule has 0 aliphatic heterocycles. The quantitative estimate of drug-likeness (QED) is 0.381. The second kappa shape index (κ2) is 9.40. The summed E-state index contributed by atoms with van der Waals surface area (Å²) in [5, 5.41) is 4.18. The standard InChI is InChI=1S/C23H27NO4/c1-4-5-13-27-19-11-9-17(10-12-19)23(25)28-24-21-8-6-7-18-15-22(26-3)16(2)14-20(18)21/h9-12,14-15H,4-8,13H2,1-3H3/b24-21+. The van der Waals surface area contributed by atoms with Gasteiger partial charge in [-0.1, -0.05) is 18.5 Å². The van der Waals surface area contributed by atoms with Gasteiger partial charge >= 0.3 is 5.97 Å². The van der Waals surface area contributed by atoms with Gasteiger partial charge in [0.1, 0.15) is 11.5 Å². The first-order valence-corrected chi connectivity index (χ1v) is 9.81. The highest BCUT2D eigenvalue weighted by Crippen LogP contribution is 2.29. The minimum absolute atomic E-state index is 0.453. The second-order valence-corrected chi connectivity index (χ2v) is 6.98. The lowest BCUT2D eigenvalue weighted by atomic mass is 9.88. The van der Waals surface area contributed by atoms with Gasteiger partial charge in [0.15, 0.2) is 0 Å². The molecule has 0 saturated carbocycles. The Morgan fingerprint density at radius 1 is 1.14 bits per heavy atom. The fourth-order valence-electron chi connectivity index (χ4n) is 3.27. The first-order valence-electron chi connectivity index (χ1n) is 9.81. The molecule has 0 amide bonds. The number of rotatable bonds is 7. The van der Waals surface area contributed by atoms with E-state index in [-0.39, 0.29) is 0 Å². The summed E-state index contributed by atoms with van der Waals surface area (Å²) in [6.45, 7) is 4.80. The van der Waals surface area contributed by atoms with E-state index < -0.39 is 5.97 Å². The Hall–Kier alpha value is -2.82. The lowest BCUT2D eigenvalue weighted by Crippen LogP contribution is -2.14. The lowest BCUT2D eigenvalue weighted by molar-refractivity contribution is 0.0515. The smallest absolute Gasteiger partial charge is 0.365 e. The minimum Gasteiger partial charge on any atom is -0.496 e. The van der Waals surface area contributed by atoms with Crippen LogP contribution in [0.2, 0.25) is 0 Å². The van der Waals surface area contributed by atoms with Crippen molar-refractivity contribution >= 4 is 11.7 Å². The van der Waals surface area contributed by atoms with Crippen molar-refractivity contribution in [2.45, 2.75) is 46.0 Å². The van der Waals surface area contributed by atoms with Gasteiger partial charge < -0.3 is 14.3 Å². The molecule has 0 atom stereocenters. The number of carbonyl (C=O) groups excluding carboxylic acids is 1. The van der Waals surface area contributed by atoms with Gasteiger partial charge in [-0.2, -0.15) is 0 Å². The zero-order valence-corrected chi connectivity index (χ0v) is 16.8. The summed E-state index contributed by atoms with van der Waals surface area (Å²) in [5.41, 5.74) is 4.52. The van der Waals surface area contributed by atoms with E-state index >= 15 is 0 Å². The third-order valence-corrected chi connectivity index (χ3v) is 4.89. The largest absolute Gasteiger partial charge is 0.496 e. The van der Waals surface area contributed by atoms with Crippen LogP contribution in [0.3, 0.4) is 0 Å². The monoisotopic (exact) mass is 381 g/mol. The van der Waals surface area contributed by atoms with Crippen molar-refractivity contribution < 1.29 is 19.1 Å². The van der Waals surface area contributed by atoms with E-state index in [9.17, 15) is 4.79 Å². The maximum Gasteiger partial charge on any atom is 0.365 e. The summed E-state index contributed by atoms with van der Waals surface area (Å²) in [6, 6.07) is 11.1. The molecular formula is C23H27NO4. The third kappa shape index (κ3) is 4.71. The number of nitrogens with zero attached hydrogens (tertiary/aromatic N) is 1. The van der Waals surface area contributed by atoms with E-state index in [0.717, 1.165) is 60.4 Å². The Balaban J connectivity index is 1.69. The van der Waals surface area contributed by atoms with E-state index in [4.69, 9.17) is 14.3 Å². The third-order valence-electron chi connectivity index (χ3n) is 4.89. The first-order chi connectivity index (χ1) is 13.6. The molecule has 0 spiro atoms. The molecule has 0 fully saturated rings. The summed E-state index contributed by atoms with van der Waals surface area (Å²) < 4.78 is 11.0. The number of fused-ring (bicyclic) bond motifs is 1. The molecule has 2 aromatic rings. The molecule has 0 aromatic heterocycles.